The van der Waals surface area contributed by atoms with Crippen LogP contribution >= 0.6 is 0 Å². The molecule has 0 amide bonds. The van der Waals surface area contributed by atoms with Gasteiger partial charge in [0.05, 0.1) is 23.8 Å². The summed E-state index contributed by atoms with van der Waals surface area (Å²) in [5, 5.41) is 15.8. The second-order valence-corrected chi connectivity index (χ2v) is 9.57. The van der Waals surface area contributed by atoms with Gasteiger partial charge in [-0.05, 0) is 68.7 Å². The van der Waals surface area contributed by atoms with Gasteiger partial charge in [-0.1, -0.05) is 6.58 Å². The fourth-order valence-corrected chi connectivity index (χ4v) is 5.50. The molecule has 5 rings (SSSR count). The molecule has 0 radical (unpaired) electrons. The Morgan fingerprint density at radius 1 is 1.16 bits per heavy atom. The van der Waals surface area contributed by atoms with Crippen molar-refractivity contribution in [1.29, 1.82) is 0 Å². The van der Waals surface area contributed by atoms with Gasteiger partial charge in [0.1, 0.15) is 11.9 Å². The van der Waals surface area contributed by atoms with E-state index in [2.05, 4.69) is 33.8 Å². The van der Waals surface area contributed by atoms with Gasteiger partial charge in [-0.25, -0.2) is 4.39 Å². The molecule has 2 bridgehead atoms. The van der Waals surface area contributed by atoms with Gasteiger partial charge in [-0.15, -0.1) is 0 Å². The zero-order valence-corrected chi connectivity index (χ0v) is 17.9. The van der Waals surface area contributed by atoms with Crippen LogP contribution in [0.3, 0.4) is 0 Å². The van der Waals surface area contributed by atoms with E-state index >= 15 is 4.39 Å². The van der Waals surface area contributed by atoms with Crippen molar-refractivity contribution in [1.82, 2.24) is 20.3 Å². The lowest BCUT2D eigenvalue weighted by atomic mass is 9.64. The number of alkyl halides is 1. The predicted octanol–water partition coefficient (Wildman–Crippen LogP) is 5.06. The maximum Gasteiger partial charge on any atom is 0.125 e. The number of hydrogen-bond donors (Lipinski definition) is 2. The largest absolute Gasteiger partial charge is 0.507 e. The molecule has 2 aromatic heterocycles. The van der Waals surface area contributed by atoms with E-state index in [4.69, 9.17) is 0 Å². The van der Waals surface area contributed by atoms with Crippen LogP contribution in [0.4, 0.5) is 4.39 Å². The van der Waals surface area contributed by atoms with E-state index in [0.717, 1.165) is 30.0 Å². The highest BCUT2D eigenvalue weighted by Crippen LogP contribution is 2.47. The number of nitrogens with zero attached hydrogens (tertiary/aromatic N) is 3. The number of piperidine rings is 2. The average molecular weight is 419 g/mol. The van der Waals surface area contributed by atoms with Crippen LogP contribution in [0.25, 0.3) is 27.6 Å². The topological polar surface area (TPSA) is 70.9 Å². The first-order valence-electron chi connectivity index (χ1n) is 10.8. The van der Waals surface area contributed by atoms with E-state index in [1.165, 1.54) is 0 Å². The van der Waals surface area contributed by atoms with Crippen molar-refractivity contribution >= 4 is 16.3 Å². The van der Waals surface area contributed by atoms with E-state index in [9.17, 15) is 5.11 Å². The van der Waals surface area contributed by atoms with Crippen LogP contribution in [0.5, 0.6) is 5.75 Å². The third-order valence-corrected chi connectivity index (χ3v) is 7.10. The summed E-state index contributed by atoms with van der Waals surface area (Å²) in [7, 11) is 0. The Bertz CT molecular complexity index is 1160. The summed E-state index contributed by atoms with van der Waals surface area (Å²) in [6.07, 6.45) is 9.28. The van der Waals surface area contributed by atoms with Gasteiger partial charge in [0.15, 0.2) is 0 Å². The lowest BCUT2D eigenvalue weighted by Gasteiger charge is -2.55. The van der Waals surface area contributed by atoms with Crippen molar-refractivity contribution < 1.29 is 9.50 Å². The van der Waals surface area contributed by atoms with Gasteiger partial charge in [0, 0.05) is 40.3 Å². The maximum atomic E-state index is 15.5. The lowest BCUT2D eigenvalue weighted by Crippen LogP contribution is -2.68. The van der Waals surface area contributed by atoms with E-state index < -0.39 is 11.7 Å². The van der Waals surface area contributed by atoms with E-state index in [1.54, 1.807) is 30.9 Å². The molecule has 0 unspecified atom stereocenters. The third-order valence-electron chi connectivity index (χ3n) is 7.10. The average Bonchev–Trinajstić information content (AvgIpc) is 2.75. The molecule has 5 nitrogen and oxygen atoms in total. The Kier molecular flexibility index (Phi) is 4.59. The summed E-state index contributed by atoms with van der Waals surface area (Å²) in [5.41, 5.74) is 1.85. The van der Waals surface area contributed by atoms with E-state index in [-0.39, 0.29) is 17.2 Å². The first-order valence-corrected chi connectivity index (χ1v) is 10.8. The predicted molar refractivity (Wildman–Crippen MR) is 120 cm³/mol. The monoisotopic (exact) mass is 418 g/mol. The number of nitrogens with one attached hydrogen (secondary N) is 1. The van der Waals surface area contributed by atoms with Crippen molar-refractivity contribution in [3.63, 3.8) is 0 Å². The van der Waals surface area contributed by atoms with Crippen LogP contribution in [0.15, 0.2) is 49.6 Å². The summed E-state index contributed by atoms with van der Waals surface area (Å²) < 4.78 is 15.5. The minimum absolute atomic E-state index is 0.0810. The Morgan fingerprint density at radius 3 is 2.77 bits per heavy atom. The minimum atomic E-state index is -1.02. The van der Waals surface area contributed by atoms with Gasteiger partial charge >= 0.3 is 0 Å². The molecule has 2 saturated heterocycles. The summed E-state index contributed by atoms with van der Waals surface area (Å²) in [4.78, 5) is 13.2. The van der Waals surface area contributed by atoms with Crippen molar-refractivity contribution in [3.8, 4) is 17.0 Å². The molecular formula is C25H27FN4O. The molecule has 0 saturated carbocycles. The molecule has 4 atom stereocenters. The first-order chi connectivity index (χ1) is 14.8. The van der Waals surface area contributed by atoms with Crippen LogP contribution in [-0.2, 0) is 0 Å². The molecule has 2 aliphatic heterocycles. The molecule has 2 fully saturated rings. The van der Waals surface area contributed by atoms with Gasteiger partial charge < -0.3 is 10.4 Å². The summed E-state index contributed by atoms with van der Waals surface area (Å²) in [6, 6.07) is 5.44. The highest BCUT2D eigenvalue weighted by atomic mass is 19.1. The Labute approximate surface area is 181 Å². The molecule has 0 spiro atoms. The number of allylic oxidation sites excluding steroid dienone is 1. The summed E-state index contributed by atoms with van der Waals surface area (Å²) in [5.74, 6) is -0.171. The Morgan fingerprint density at radius 2 is 2.00 bits per heavy atom. The molecule has 160 valence electrons. The van der Waals surface area contributed by atoms with Crippen molar-refractivity contribution in [3.05, 3.63) is 55.3 Å². The number of aromatic nitrogens is 3. The molecule has 3 aromatic rings. The number of hydrogen-bond acceptors (Lipinski definition) is 5. The number of phenolic OH excluding ortho intramolecular Hbond substituents is 1. The number of fused-ring (bicyclic) bond motifs is 3. The van der Waals surface area contributed by atoms with Crippen molar-refractivity contribution in [2.75, 3.05) is 0 Å². The normalized spacial score (nSPS) is 30.3. The number of benzene rings is 1. The SMILES string of the molecule is C=C(c1cnc(-c2cc3ccncc3cc2O)cn1)[C@@H]1C[C@@]2(C)CCC[C@](C)(N2)[C@H]1F. The Hall–Kier alpha value is -2.86. The van der Waals surface area contributed by atoms with Crippen LogP contribution in [-0.4, -0.2) is 37.3 Å². The number of aromatic hydroxyl groups is 1. The second kappa shape index (κ2) is 7.09. The standard InChI is InChI=1S/C25H27FN4O/c1-15(19-11-24(2)6-4-7-25(3,30-24)23(19)26)20-13-29-21(14-28-20)18-9-16-5-8-27-12-17(16)10-22(18)31/h5,8-10,12-14,19,23,30-31H,1,4,6-7,11H2,2-3H3/t19-,23-,24+,25-/m0/s1. The highest BCUT2D eigenvalue weighted by molar-refractivity contribution is 5.89. The fraction of sp³-hybridized carbons (Fsp3) is 0.400. The molecule has 0 aliphatic carbocycles. The highest BCUT2D eigenvalue weighted by Gasteiger charge is 2.53. The minimum Gasteiger partial charge on any atom is -0.507 e. The Balaban J connectivity index is 1.44. The van der Waals surface area contributed by atoms with Crippen LogP contribution < -0.4 is 5.32 Å². The zero-order valence-electron chi connectivity index (χ0n) is 17.9. The smallest absolute Gasteiger partial charge is 0.125 e. The lowest BCUT2D eigenvalue weighted by molar-refractivity contribution is -0.00601. The van der Waals surface area contributed by atoms with Gasteiger partial charge in [-0.3, -0.25) is 15.0 Å². The molecule has 2 aliphatic rings. The molecule has 2 N–H and O–H groups in total. The van der Waals surface area contributed by atoms with E-state index in [0.29, 0.717) is 28.9 Å². The summed E-state index contributed by atoms with van der Waals surface area (Å²) >= 11 is 0. The fourth-order valence-electron chi connectivity index (χ4n) is 5.50. The third kappa shape index (κ3) is 3.39. The first kappa shape index (κ1) is 20.1. The van der Waals surface area contributed by atoms with Crippen LogP contribution in [0.2, 0.25) is 0 Å². The molecular weight excluding hydrogens is 391 g/mol. The van der Waals surface area contributed by atoms with Crippen molar-refractivity contribution in [2.45, 2.75) is 56.8 Å². The van der Waals surface area contributed by atoms with Gasteiger partial charge in [0.25, 0.3) is 0 Å². The second-order valence-electron chi connectivity index (χ2n) is 9.57. The van der Waals surface area contributed by atoms with Crippen LogP contribution in [0.1, 0.15) is 45.2 Å². The van der Waals surface area contributed by atoms with Gasteiger partial charge in [0.2, 0.25) is 0 Å². The van der Waals surface area contributed by atoms with E-state index in [1.807, 2.05) is 19.1 Å². The van der Waals surface area contributed by atoms with Gasteiger partial charge in [-0.2, -0.15) is 0 Å². The molecule has 1 aromatic carbocycles. The summed E-state index contributed by atoms with van der Waals surface area (Å²) in [6.45, 7) is 8.39. The quantitative estimate of drug-likeness (QED) is 0.622. The number of pyridine rings is 1. The molecule has 6 heteroatoms. The van der Waals surface area contributed by atoms with Crippen molar-refractivity contribution in [2.24, 2.45) is 5.92 Å². The number of phenols is 1. The zero-order chi connectivity index (χ0) is 21.8. The molecule has 31 heavy (non-hydrogen) atoms. The van der Waals surface area contributed by atoms with Crippen LogP contribution in [0, 0.1) is 5.92 Å². The number of halogens is 1. The molecule has 4 heterocycles. The maximum absolute atomic E-state index is 15.5. The number of rotatable bonds is 3.